The van der Waals surface area contributed by atoms with E-state index in [2.05, 4.69) is 26.6 Å². The molecule has 0 fully saturated rings. The Balaban J connectivity index is 0.00000364. The maximum atomic E-state index is 13.3. The average molecular weight is 486 g/mol. The fraction of sp³-hybridized carbons (Fsp3) is 0.350. The van der Waals surface area contributed by atoms with Crippen LogP contribution >= 0.6 is 24.0 Å². The number of halogens is 2. The minimum Gasteiger partial charge on any atom is -0.497 e. The van der Waals surface area contributed by atoms with E-state index in [0.717, 1.165) is 16.9 Å². The third-order valence-electron chi connectivity index (χ3n) is 4.14. The molecule has 2 rings (SSSR count). The van der Waals surface area contributed by atoms with E-state index >= 15 is 0 Å². The Bertz CT molecular complexity index is 739. The number of nitrogens with one attached hydrogen (secondary N) is 2. The molecule has 2 aromatic carbocycles. The van der Waals surface area contributed by atoms with Crippen molar-refractivity contribution >= 4 is 29.9 Å². The molecule has 0 aliphatic carbocycles. The van der Waals surface area contributed by atoms with Crippen LogP contribution in [0, 0.1) is 5.82 Å². The first-order valence-electron chi connectivity index (χ1n) is 8.53. The molecule has 0 bridgehead atoms. The van der Waals surface area contributed by atoms with Crippen molar-refractivity contribution in [3.8, 4) is 5.75 Å². The largest absolute Gasteiger partial charge is 0.497 e. The fourth-order valence-electron chi connectivity index (χ4n) is 2.69. The van der Waals surface area contributed by atoms with E-state index < -0.39 is 0 Å². The molecule has 27 heavy (non-hydrogen) atoms. The Morgan fingerprint density at radius 3 is 2.52 bits per heavy atom. The van der Waals surface area contributed by atoms with Crippen molar-refractivity contribution in [1.82, 2.24) is 15.5 Å². The lowest BCUT2D eigenvalue weighted by molar-refractivity contribution is 0.297. The lowest BCUT2D eigenvalue weighted by atomic mass is 10.1. The summed E-state index contributed by atoms with van der Waals surface area (Å²) in [5, 5.41) is 6.54. The first-order chi connectivity index (χ1) is 12.5. The van der Waals surface area contributed by atoms with E-state index in [0.29, 0.717) is 19.0 Å². The van der Waals surface area contributed by atoms with Crippen LogP contribution in [0.5, 0.6) is 5.75 Å². The van der Waals surface area contributed by atoms with Gasteiger partial charge in [0.25, 0.3) is 0 Å². The molecule has 0 aromatic heterocycles. The second-order valence-electron chi connectivity index (χ2n) is 6.19. The highest BCUT2D eigenvalue weighted by molar-refractivity contribution is 14.0. The van der Waals surface area contributed by atoms with Gasteiger partial charge in [-0.3, -0.25) is 4.99 Å². The number of hydrogen-bond acceptors (Lipinski definition) is 3. The lowest BCUT2D eigenvalue weighted by Gasteiger charge is -2.26. The van der Waals surface area contributed by atoms with Gasteiger partial charge in [-0.25, -0.2) is 4.39 Å². The molecule has 5 nitrogen and oxygen atoms in total. The van der Waals surface area contributed by atoms with Gasteiger partial charge in [-0.2, -0.15) is 0 Å². The summed E-state index contributed by atoms with van der Waals surface area (Å²) in [7, 11) is 7.46. The van der Waals surface area contributed by atoms with Gasteiger partial charge in [0.1, 0.15) is 11.6 Å². The van der Waals surface area contributed by atoms with Gasteiger partial charge >= 0.3 is 0 Å². The van der Waals surface area contributed by atoms with Crippen LogP contribution in [0.3, 0.4) is 0 Å². The predicted octanol–water partition coefficient (Wildman–Crippen LogP) is 3.42. The summed E-state index contributed by atoms with van der Waals surface area (Å²) in [6.07, 6.45) is 0. The summed E-state index contributed by atoms with van der Waals surface area (Å²) >= 11 is 0. The number of likely N-dealkylation sites (N-methyl/N-ethyl adjacent to an activating group) is 1. The molecule has 2 N–H and O–H groups in total. The summed E-state index contributed by atoms with van der Waals surface area (Å²) in [5.41, 5.74) is 2.02. The zero-order valence-corrected chi connectivity index (χ0v) is 18.5. The highest BCUT2D eigenvalue weighted by Gasteiger charge is 2.15. The first-order valence-corrected chi connectivity index (χ1v) is 8.53. The smallest absolute Gasteiger partial charge is 0.191 e. The monoisotopic (exact) mass is 486 g/mol. The highest BCUT2D eigenvalue weighted by atomic mass is 127. The Labute approximate surface area is 178 Å². The van der Waals surface area contributed by atoms with Crippen LogP contribution in [0.15, 0.2) is 53.5 Å². The van der Waals surface area contributed by atoms with E-state index in [-0.39, 0.29) is 35.8 Å². The zero-order valence-electron chi connectivity index (χ0n) is 16.2. The van der Waals surface area contributed by atoms with Crippen molar-refractivity contribution in [3.63, 3.8) is 0 Å². The van der Waals surface area contributed by atoms with E-state index in [1.165, 1.54) is 12.1 Å². The van der Waals surface area contributed by atoms with Gasteiger partial charge < -0.3 is 20.3 Å². The molecule has 0 amide bonds. The summed E-state index contributed by atoms with van der Waals surface area (Å²) in [4.78, 5) is 6.38. The minimum atomic E-state index is -0.238. The maximum Gasteiger partial charge on any atom is 0.191 e. The minimum absolute atomic E-state index is 0. The quantitative estimate of drug-likeness (QED) is 0.358. The lowest BCUT2D eigenvalue weighted by Crippen LogP contribution is -2.41. The first kappa shape index (κ1) is 23.2. The van der Waals surface area contributed by atoms with Gasteiger partial charge in [-0.15, -0.1) is 24.0 Å². The molecule has 2 aromatic rings. The Morgan fingerprint density at radius 1 is 1.15 bits per heavy atom. The molecule has 1 atom stereocenters. The van der Waals surface area contributed by atoms with Crippen molar-refractivity contribution in [2.45, 2.75) is 12.6 Å². The Hall–Kier alpha value is -1.87. The van der Waals surface area contributed by atoms with E-state index in [1.54, 1.807) is 20.2 Å². The van der Waals surface area contributed by atoms with Crippen molar-refractivity contribution in [2.24, 2.45) is 4.99 Å². The third kappa shape index (κ3) is 7.34. The molecule has 1 unspecified atom stereocenters. The number of nitrogens with zero attached hydrogens (tertiary/aromatic N) is 2. The second-order valence-corrected chi connectivity index (χ2v) is 6.19. The van der Waals surface area contributed by atoms with Crippen LogP contribution in [-0.4, -0.2) is 45.7 Å². The molecule has 0 aliphatic rings. The molecule has 0 heterocycles. The molecular formula is C20H28FIN4O. The SMILES string of the molecule is CN=C(NCc1cccc(F)c1)NCC(c1cccc(OC)c1)N(C)C.I. The normalized spacial score (nSPS) is 12.3. The van der Waals surface area contributed by atoms with Crippen LogP contribution in [-0.2, 0) is 6.54 Å². The van der Waals surface area contributed by atoms with Crippen molar-refractivity contribution in [3.05, 3.63) is 65.5 Å². The van der Waals surface area contributed by atoms with Gasteiger partial charge in [0, 0.05) is 20.1 Å². The molecule has 0 radical (unpaired) electrons. The standard InChI is InChI=1S/C20H27FN4O.HI/c1-22-20(23-13-15-7-5-9-17(21)11-15)24-14-19(25(2)3)16-8-6-10-18(12-16)26-4;/h5-12,19H,13-14H2,1-4H3,(H2,22,23,24);1H. The second kappa shape index (κ2) is 11.8. The van der Waals surface area contributed by atoms with Gasteiger partial charge in [-0.1, -0.05) is 24.3 Å². The van der Waals surface area contributed by atoms with Crippen molar-refractivity contribution in [2.75, 3.05) is 34.8 Å². The van der Waals surface area contributed by atoms with Crippen LogP contribution in [0.4, 0.5) is 4.39 Å². The third-order valence-corrected chi connectivity index (χ3v) is 4.14. The number of aliphatic imine (C=N–C) groups is 1. The number of rotatable bonds is 7. The van der Waals surface area contributed by atoms with Gasteiger partial charge in [0.2, 0.25) is 0 Å². The summed E-state index contributed by atoms with van der Waals surface area (Å²) < 4.78 is 18.6. The van der Waals surface area contributed by atoms with E-state index in [9.17, 15) is 4.39 Å². The van der Waals surface area contributed by atoms with Crippen LogP contribution in [0.2, 0.25) is 0 Å². The van der Waals surface area contributed by atoms with Crippen LogP contribution in [0.1, 0.15) is 17.2 Å². The van der Waals surface area contributed by atoms with Crippen LogP contribution in [0.25, 0.3) is 0 Å². The molecule has 0 aliphatic heterocycles. The summed E-state index contributed by atoms with van der Waals surface area (Å²) in [6, 6.07) is 14.7. The fourth-order valence-corrected chi connectivity index (χ4v) is 2.69. The molecular weight excluding hydrogens is 458 g/mol. The van der Waals surface area contributed by atoms with Gasteiger partial charge in [0.15, 0.2) is 5.96 Å². The number of ether oxygens (including phenoxy) is 1. The van der Waals surface area contributed by atoms with Gasteiger partial charge in [0.05, 0.1) is 13.2 Å². The molecule has 0 saturated carbocycles. The average Bonchev–Trinajstić information content (AvgIpc) is 2.64. The highest BCUT2D eigenvalue weighted by Crippen LogP contribution is 2.22. The maximum absolute atomic E-state index is 13.3. The predicted molar refractivity (Wildman–Crippen MR) is 119 cm³/mol. The summed E-state index contributed by atoms with van der Waals surface area (Å²) in [5.74, 6) is 1.27. The Kier molecular flexibility index (Phi) is 10.1. The molecule has 0 spiro atoms. The van der Waals surface area contributed by atoms with Crippen molar-refractivity contribution < 1.29 is 9.13 Å². The topological polar surface area (TPSA) is 48.9 Å². The van der Waals surface area contributed by atoms with Crippen LogP contribution < -0.4 is 15.4 Å². The van der Waals surface area contributed by atoms with Crippen molar-refractivity contribution in [1.29, 1.82) is 0 Å². The van der Waals surface area contributed by atoms with Gasteiger partial charge in [-0.05, 0) is 49.5 Å². The van der Waals surface area contributed by atoms with E-state index in [1.807, 2.05) is 38.4 Å². The Morgan fingerprint density at radius 2 is 1.89 bits per heavy atom. The molecule has 148 valence electrons. The molecule has 0 saturated heterocycles. The zero-order chi connectivity index (χ0) is 18.9. The number of methoxy groups -OCH3 is 1. The van der Waals surface area contributed by atoms with E-state index in [4.69, 9.17) is 4.74 Å². The number of benzene rings is 2. The summed E-state index contributed by atoms with van der Waals surface area (Å²) in [6.45, 7) is 1.17. The number of hydrogen-bond donors (Lipinski definition) is 2. The molecule has 7 heteroatoms. The number of guanidine groups is 1.